The van der Waals surface area contributed by atoms with Crippen molar-refractivity contribution < 1.29 is 4.79 Å². The van der Waals surface area contributed by atoms with Crippen LogP contribution >= 0.6 is 35.1 Å². The Hall–Kier alpha value is -3.25. The van der Waals surface area contributed by atoms with E-state index in [4.69, 9.17) is 16.6 Å². The average Bonchev–Trinajstić information content (AvgIpc) is 3.17. The van der Waals surface area contributed by atoms with Crippen LogP contribution in [0.1, 0.15) is 5.56 Å². The molecule has 0 N–H and O–H groups in total. The van der Waals surface area contributed by atoms with E-state index in [0.29, 0.717) is 10.1 Å². The molecule has 4 aromatic carbocycles. The van der Waals surface area contributed by atoms with Crippen LogP contribution in [0, 0.1) is 0 Å². The normalized spacial score (nSPS) is 15.9. The van der Waals surface area contributed by atoms with E-state index >= 15 is 0 Å². The summed E-state index contributed by atoms with van der Waals surface area (Å²) in [4.78, 5) is 22.7. The number of rotatable bonds is 5. The molecule has 1 amide bonds. The molecule has 1 aliphatic rings. The number of anilines is 1. The van der Waals surface area contributed by atoms with E-state index in [9.17, 15) is 4.79 Å². The molecule has 166 valence electrons. The van der Waals surface area contributed by atoms with Gasteiger partial charge in [-0.1, -0.05) is 71.9 Å². The van der Waals surface area contributed by atoms with E-state index < -0.39 is 0 Å². The maximum absolute atomic E-state index is 13.4. The summed E-state index contributed by atoms with van der Waals surface area (Å²) in [5.41, 5.74) is 2.57. The van der Waals surface area contributed by atoms with Crippen molar-refractivity contribution >= 4 is 63.7 Å². The monoisotopic (exact) mass is 498 g/mol. The topological polar surface area (TPSA) is 32.7 Å². The van der Waals surface area contributed by atoms with Crippen LogP contribution in [0.25, 0.3) is 6.08 Å². The second-order valence-corrected chi connectivity index (χ2v) is 10.0. The van der Waals surface area contributed by atoms with Gasteiger partial charge in [0.25, 0.3) is 5.91 Å². The minimum Gasteiger partial charge on any atom is -0.268 e. The predicted octanol–water partition coefficient (Wildman–Crippen LogP) is 8.30. The van der Waals surface area contributed by atoms with E-state index in [1.165, 1.54) is 11.8 Å². The number of carbonyl (C=O) groups excluding carboxylic acids is 1. The fraction of sp³-hybridized carbons (Fsp3) is 0. The van der Waals surface area contributed by atoms with E-state index in [2.05, 4.69) is 12.1 Å². The molecule has 4 aromatic rings. The third-order valence-electron chi connectivity index (χ3n) is 5.03. The Balaban J connectivity index is 1.41. The molecule has 1 fully saturated rings. The molecule has 0 bridgehead atoms. The number of amides is 1. The molecule has 0 aromatic heterocycles. The Labute approximate surface area is 212 Å². The lowest BCUT2D eigenvalue weighted by atomic mass is 10.2. The minimum absolute atomic E-state index is 0.0782. The van der Waals surface area contributed by atoms with Gasteiger partial charge in [0.1, 0.15) is 0 Å². The first-order chi connectivity index (χ1) is 16.7. The number of nitrogens with zero attached hydrogens (tertiary/aromatic N) is 2. The van der Waals surface area contributed by atoms with Gasteiger partial charge in [-0.05, 0) is 84.1 Å². The Kier molecular flexibility index (Phi) is 6.86. The lowest BCUT2D eigenvalue weighted by Crippen LogP contribution is -2.28. The van der Waals surface area contributed by atoms with Gasteiger partial charge >= 0.3 is 0 Å². The third-order valence-corrected chi connectivity index (χ3v) is 7.27. The number of halogens is 1. The van der Waals surface area contributed by atoms with Crippen LogP contribution in [0.2, 0.25) is 5.02 Å². The highest BCUT2D eigenvalue weighted by Crippen LogP contribution is 2.37. The first-order valence-electron chi connectivity index (χ1n) is 10.6. The Morgan fingerprint density at radius 2 is 1.35 bits per heavy atom. The SMILES string of the molecule is O=C1/C(=C/c2ccc(Sc3ccc(Cl)cc3)cc2)SC(=Nc2ccccc2)N1c1ccccc1. The van der Waals surface area contributed by atoms with Gasteiger partial charge in [0.15, 0.2) is 5.17 Å². The van der Waals surface area contributed by atoms with Gasteiger partial charge in [-0.25, -0.2) is 4.99 Å². The van der Waals surface area contributed by atoms with Gasteiger partial charge in [0.05, 0.1) is 16.3 Å². The summed E-state index contributed by atoms with van der Waals surface area (Å²) in [6, 6.07) is 35.3. The summed E-state index contributed by atoms with van der Waals surface area (Å²) in [5.74, 6) is -0.0782. The number of aliphatic imine (C=N–C) groups is 1. The largest absolute Gasteiger partial charge is 0.271 e. The number of hydrogen-bond acceptors (Lipinski definition) is 4. The summed E-state index contributed by atoms with van der Waals surface area (Å²) in [7, 11) is 0. The molecular formula is C28H19ClN2OS2. The zero-order valence-corrected chi connectivity index (χ0v) is 20.4. The summed E-state index contributed by atoms with van der Waals surface area (Å²) in [6.45, 7) is 0. The molecule has 0 radical (unpaired) electrons. The van der Waals surface area contributed by atoms with Gasteiger partial charge in [-0.3, -0.25) is 9.69 Å². The second kappa shape index (κ2) is 10.3. The first-order valence-corrected chi connectivity index (χ1v) is 12.6. The highest BCUT2D eigenvalue weighted by Gasteiger charge is 2.34. The minimum atomic E-state index is -0.0782. The number of para-hydroxylation sites is 2. The zero-order chi connectivity index (χ0) is 23.3. The van der Waals surface area contributed by atoms with E-state index in [1.807, 2.05) is 103 Å². The molecular weight excluding hydrogens is 480 g/mol. The van der Waals surface area contributed by atoms with E-state index in [1.54, 1.807) is 16.7 Å². The van der Waals surface area contributed by atoms with Crippen LogP contribution in [0.5, 0.6) is 0 Å². The number of hydrogen-bond donors (Lipinski definition) is 0. The van der Waals surface area contributed by atoms with Crippen molar-refractivity contribution in [1.82, 2.24) is 0 Å². The van der Waals surface area contributed by atoms with Crippen LogP contribution in [0.3, 0.4) is 0 Å². The number of amidine groups is 1. The number of carbonyl (C=O) groups is 1. The smallest absolute Gasteiger partial charge is 0.268 e. The fourth-order valence-corrected chi connectivity index (χ4v) is 5.33. The average molecular weight is 499 g/mol. The first kappa shape index (κ1) is 22.5. The van der Waals surface area contributed by atoms with Crippen LogP contribution in [-0.2, 0) is 4.79 Å². The number of thioether (sulfide) groups is 1. The number of benzene rings is 4. The van der Waals surface area contributed by atoms with Crippen molar-refractivity contribution in [2.75, 3.05) is 4.90 Å². The molecule has 6 heteroatoms. The Bertz CT molecular complexity index is 1350. The van der Waals surface area contributed by atoms with E-state index in [0.717, 1.165) is 31.8 Å². The molecule has 1 heterocycles. The summed E-state index contributed by atoms with van der Waals surface area (Å²) < 4.78 is 0. The highest BCUT2D eigenvalue weighted by atomic mass is 35.5. The molecule has 0 unspecified atom stereocenters. The molecule has 3 nitrogen and oxygen atoms in total. The fourth-order valence-electron chi connectivity index (χ4n) is 3.39. The van der Waals surface area contributed by atoms with Crippen molar-refractivity contribution in [3.05, 3.63) is 125 Å². The summed E-state index contributed by atoms with van der Waals surface area (Å²) in [5, 5.41) is 1.37. The third kappa shape index (κ3) is 5.28. The van der Waals surface area contributed by atoms with Crippen molar-refractivity contribution in [2.24, 2.45) is 4.99 Å². The van der Waals surface area contributed by atoms with Crippen LogP contribution < -0.4 is 4.90 Å². The Morgan fingerprint density at radius 1 is 0.765 bits per heavy atom. The van der Waals surface area contributed by atoms with Crippen molar-refractivity contribution in [1.29, 1.82) is 0 Å². The molecule has 1 saturated heterocycles. The molecule has 0 spiro atoms. The lowest BCUT2D eigenvalue weighted by molar-refractivity contribution is -0.113. The van der Waals surface area contributed by atoms with Crippen LogP contribution in [0.15, 0.2) is 129 Å². The summed E-state index contributed by atoms with van der Waals surface area (Å²) >= 11 is 9.03. The maximum atomic E-state index is 13.4. The van der Waals surface area contributed by atoms with Crippen molar-refractivity contribution in [3.8, 4) is 0 Å². The molecule has 1 aliphatic heterocycles. The van der Waals surface area contributed by atoms with Crippen LogP contribution in [-0.4, -0.2) is 11.1 Å². The molecule has 34 heavy (non-hydrogen) atoms. The van der Waals surface area contributed by atoms with Crippen molar-refractivity contribution in [2.45, 2.75) is 9.79 Å². The van der Waals surface area contributed by atoms with E-state index in [-0.39, 0.29) is 5.91 Å². The second-order valence-electron chi connectivity index (χ2n) is 7.44. The van der Waals surface area contributed by atoms with Gasteiger partial charge in [-0.15, -0.1) is 0 Å². The zero-order valence-electron chi connectivity index (χ0n) is 18.0. The van der Waals surface area contributed by atoms with Gasteiger partial charge in [-0.2, -0.15) is 0 Å². The van der Waals surface area contributed by atoms with Gasteiger partial charge in [0, 0.05) is 14.8 Å². The summed E-state index contributed by atoms with van der Waals surface area (Å²) in [6.07, 6.45) is 1.92. The lowest BCUT2D eigenvalue weighted by Gasteiger charge is -2.15. The standard InChI is InChI=1S/C28H19ClN2OS2/c29-21-13-17-25(18-14-21)33-24-15-11-20(12-16-24)19-26-27(32)31(23-9-5-2-6-10-23)28(34-26)30-22-7-3-1-4-8-22/h1-19H/b26-19-,30-28?. The molecule has 0 saturated carbocycles. The molecule has 0 atom stereocenters. The van der Waals surface area contributed by atoms with Crippen molar-refractivity contribution in [3.63, 3.8) is 0 Å². The molecule has 0 aliphatic carbocycles. The van der Waals surface area contributed by atoms with Crippen LogP contribution in [0.4, 0.5) is 11.4 Å². The van der Waals surface area contributed by atoms with Gasteiger partial charge < -0.3 is 0 Å². The predicted molar refractivity (Wildman–Crippen MR) is 145 cm³/mol. The van der Waals surface area contributed by atoms with Gasteiger partial charge in [0.2, 0.25) is 0 Å². The maximum Gasteiger partial charge on any atom is 0.271 e. The quantitative estimate of drug-likeness (QED) is 0.259. The Morgan fingerprint density at radius 3 is 2.00 bits per heavy atom. The molecule has 5 rings (SSSR count). The highest BCUT2D eigenvalue weighted by molar-refractivity contribution is 8.19.